The van der Waals surface area contributed by atoms with Gasteiger partial charge in [-0.2, -0.15) is 26.8 Å². The van der Waals surface area contributed by atoms with Crippen molar-refractivity contribution < 1.29 is 28.3 Å². The molecule has 14 heteroatoms. The van der Waals surface area contributed by atoms with Gasteiger partial charge in [-0.15, -0.1) is 0 Å². The highest BCUT2D eigenvalue weighted by Gasteiger charge is 2.56. The highest BCUT2D eigenvalue weighted by atomic mass is 35.5. The molecule has 4 heterocycles. The van der Waals surface area contributed by atoms with Crippen LogP contribution in [0.2, 0.25) is 5.28 Å². The van der Waals surface area contributed by atoms with Crippen LogP contribution in [0, 0.1) is 0 Å². The van der Waals surface area contributed by atoms with Crippen LogP contribution in [0.3, 0.4) is 0 Å². The van der Waals surface area contributed by atoms with Gasteiger partial charge in [-0.1, -0.05) is 12.8 Å². The Balaban J connectivity index is 1.51. The summed E-state index contributed by atoms with van der Waals surface area (Å²) in [4.78, 5) is 24.1. The molecule has 222 valence electrons. The SMILES string of the molecule is CC(C)(C)OC(=O)N(c1nc(Cl)nc2c1cnn2[C@@H]1O[C@H](CSCP(C)(C)=O)[C@H]2OC(C)(C)O[C@H]21)C1CCCC1. The second-order valence-electron chi connectivity index (χ2n) is 12.6. The van der Waals surface area contributed by atoms with E-state index in [1.165, 1.54) is 0 Å². The van der Waals surface area contributed by atoms with Crippen LogP contribution in [-0.4, -0.2) is 86.2 Å². The normalized spacial score (nSPS) is 26.9. The molecule has 3 fully saturated rings. The van der Waals surface area contributed by atoms with Crippen LogP contribution in [0.15, 0.2) is 6.20 Å². The van der Waals surface area contributed by atoms with Gasteiger partial charge in [-0.3, -0.25) is 4.90 Å². The van der Waals surface area contributed by atoms with Crippen molar-refractivity contribution in [2.45, 2.75) is 102 Å². The molecular formula is C26H39ClN5O6PS. The van der Waals surface area contributed by atoms with E-state index in [4.69, 9.17) is 30.5 Å². The number of aromatic nitrogens is 4. The number of amides is 1. The number of carbonyl (C=O) groups is 1. The van der Waals surface area contributed by atoms with Crippen molar-refractivity contribution in [3.8, 4) is 0 Å². The maximum atomic E-state index is 13.5. The Labute approximate surface area is 244 Å². The molecule has 0 spiro atoms. The number of halogens is 1. The van der Waals surface area contributed by atoms with Crippen molar-refractivity contribution in [2.24, 2.45) is 0 Å². The van der Waals surface area contributed by atoms with Crippen LogP contribution in [0.4, 0.5) is 10.6 Å². The van der Waals surface area contributed by atoms with Gasteiger partial charge in [0.15, 0.2) is 23.5 Å². The molecule has 1 amide bonds. The molecule has 2 saturated heterocycles. The quantitative estimate of drug-likeness (QED) is 0.275. The zero-order valence-corrected chi connectivity index (χ0v) is 26.6. The topological polar surface area (TPSA) is 118 Å². The van der Waals surface area contributed by atoms with Crippen molar-refractivity contribution in [1.82, 2.24) is 19.7 Å². The summed E-state index contributed by atoms with van der Waals surface area (Å²) in [7, 11) is -2.18. The Kier molecular flexibility index (Phi) is 8.27. The van der Waals surface area contributed by atoms with Crippen LogP contribution in [0.1, 0.15) is 66.5 Å². The summed E-state index contributed by atoms with van der Waals surface area (Å²) in [6.45, 7) is 12.8. The van der Waals surface area contributed by atoms with Crippen LogP contribution in [-0.2, 0) is 23.5 Å². The van der Waals surface area contributed by atoms with Gasteiger partial charge in [0, 0.05) is 17.3 Å². The lowest BCUT2D eigenvalue weighted by molar-refractivity contribution is -0.195. The zero-order chi connectivity index (χ0) is 29.0. The minimum absolute atomic E-state index is 0.0111. The molecule has 3 aliphatic rings. The van der Waals surface area contributed by atoms with Crippen LogP contribution < -0.4 is 4.90 Å². The summed E-state index contributed by atoms with van der Waals surface area (Å²) in [5.41, 5.74) is 0.306. The van der Waals surface area contributed by atoms with Crippen LogP contribution >= 0.6 is 30.5 Å². The van der Waals surface area contributed by atoms with Crippen molar-refractivity contribution in [2.75, 3.05) is 29.5 Å². The third kappa shape index (κ3) is 6.47. The molecular weight excluding hydrogens is 577 g/mol. The maximum Gasteiger partial charge on any atom is 0.416 e. The first-order valence-corrected chi connectivity index (χ1v) is 18.0. The van der Waals surface area contributed by atoms with Crippen LogP contribution in [0.5, 0.6) is 0 Å². The molecule has 0 unspecified atom stereocenters. The maximum absolute atomic E-state index is 13.5. The first-order chi connectivity index (χ1) is 18.6. The predicted octanol–water partition coefficient (Wildman–Crippen LogP) is 5.89. The van der Waals surface area contributed by atoms with Gasteiger partial charge < -0.3 is 23.5 Å². The molecule has 5 rings (SSSR count). The molecule has 0 aromatic carbocycles. The largest absolute Gasteiger partial charge is 0.443 e. The Morgan fingerprint density at radius 3 is 2.55 bits per heavy atom. The zero-order valence-electron chi connectivity index (χ0n) is 24.1. The Morgan fingerprint density at radius 1 is 1.23 bits per heavy atom. The molecule has 2 aliphatic heterocycles. The number of rotatable bonds is 7. The lowest BCUT2D eigenvalue weighted by atomic mass is 10.1. The third-order valence-corrected chi connectivity index (χ3v) is 10.9. The molecule has 4 atom stereocenters. The summed E-state index contributed by atoms with van der Waals surface area (Å²) in [6, 6.07) is -0.0682. The summed E-state index contributed by atoms with van der Waals surface area (Å²) in [5, 5.41) is 5.20. The van der Waals surface area contributed by atoms with Crippen LogP contribution in [0.25, 0.3) is 11.0 Å². The van der Waals surface area contributed by atoms with Crippen molar-refractivity contribution >= 4 is 53.4 Å². The highest BCUT2D eigenvalue weighted by molar-refractivity contribution is 8.05. The fraction of sp³-hybridized carbons (Fsp3) is 0.769. The average Bonchev–Trinajstić information content (AvgIpc) is 3.57. The lowest BCUT2D eigenvalue weighted by Crippen LogP contribution is -2.43. The number of carbonyl (C=O) groups excluding carboxylic acids is 1. The fourth-order valence-corrected chi connectivity index (χ4v) is 8.36. The number of hydrogen-bond acceptors (Lipinski definition) is 10. The van der Waals surface area contributed by atoms with Gasteiger partial charge in [0.1, 0.15) is 17.8 Å². The first kappa shape index (κ1) is 30.0. The van der Waals surface area contributed by atoms with E-state index < -0.39 is 37.0 Å². The number of thioether (sulfide) groups is 1. The van der Waals surface area contributed by atoms with Crippen molar-refractivity contribution in [1.29, 1.82) is 0 Å². The van der Waals surface area contributed by atoms with Crippen molar-refractivity contribution in [3.63, 3.8) is 0 Å². The lowest BCUT2D eigenvalue weighted by Gasteiger charge is -2.31. The molecule has 0 bridgehead atoms. The van der Waals surface area contributed by atoms with E-state index in [1.54, 1.807) is 40.9 Å². The number of fused-ring (bicyclic) bond motifs is 2. The molecule has 0 N–H and O–H groups in total. The third-order valence-electron chi connectivity index (χ3n) is 6.97. The van der Waals surface area contributed by atoms with Gasteiger partial charge in [-0.25, -0.2) is 9.48 Å². The summed E-state index contributed by atoms with van der Waals surface area (Å²) in [6.07, 6.45) is 3.13. The Hall–Kier alpha value is -1.43. The summed E-state index contributed by atoms with van der Waals surface area (Å²) < 4.78 is 38.7. The van der Waals surface area contributed by atoms with E-state index in [2.05, 4.69) is 15.1 Å². The van der Waals surface area contributed by atoms with Gasteiger partial charge in [0.25, 0.3) is 0 Å². The van der Waals surface area contributed by atoms with E-state index in [-0.39, 0.29) is 23.5 Å². The van der Waals surface area contributed by atoms with Crippen molar-refractivity contribution in [3.05, 3.63) is 11.5 Å². The van der Waals surface area contributed by atoms with E-state index >= 15 is 0 Å². The Bertz CT molecular complexity index is 1310. The fourth-order valence-electron chi connectivity index (χ4n) is 5.52. The summed E-state index contributed by atoms with van der Waals surface area (Å²) in [5.74, 6) is 0.161. The van der Waals surface area contributed by atoms with Gasteiger partial charge >= 0.3 is 6.09 Å². The minimum atomic E-state index is -2.18. The van der Waals surface area contributed by atoms with Gasteiger partial charge in [0.2, 0.25) is 5.28 Å². The number of anilines is 1. The molecule has 1 aliphatic carbocycles. The number of nitrogens with zero attached hydrogens (tertiary/aromatic N) is 5. The molecule has 11 nitrogen and oxygen atoms in total. The molecule has 1 saturated carbocycles. The molecule has 40 heavy (non-hydrogen) atoms. The summed E-state index contributed by atoms with van der Waals surface area (Å²) >= 11 is 8.06. The standard InChI is InChI=1S/C26H39ClN5O6PS/c1-25(2,3)38-24(33)31(15-10-8-9-11-15)20-16-12-28-32(21(16)30-23(27)29-20)22-19-18(36-26(4,5)37-19)17(35-22)13-40-14-39(6,7)34/h12,15,17-19,22H,8-11,13-14H2,1-7H3/t17-,18-,19-,22-/m1/s1. The molecule has 2 aromatic heterocycles. The molecule has 2 aromatic rings. The van der Waals surface area contributed by atoms with E-state index in [9.17, 15) is 9.36 Å². The number of ether oxygens (including phenoxy) is 4. The smallest absolute Gasteiger partial charge is 0.416 e. The van der Waals surface area contributed by atoms with Gasteiger partial charge in [0.05, 0.1) is 24.8 Å². The monoisotopic (exact) mass is 615 g/mol. The molecule has 0 radical (unpaired) electrons. The highest BCUT2D eigenvalue weighted by Crippen LogP contribution is 2.46. The van der Waals surface area contributed by atoms with Gasteiger partial charge in [-0.05, 0) is 72.4 Å². The van der Waals surface area contributed by atoms with E-state index in [1.807, 2.05) is 34.6 Å². The second-order valence-corrected chi connectivity index (χ2v) is 17.9. The van der Waals surface area contributed by atoms with E-state index in [0.29, 0.717) is 28.1 Å². The predicted molar refractivity (Wildman–Crippen MR) is 156 cm³/mol. The Morgan fingerprint density at radius 2 is 1.90 bits per heavy atom. The first-order valence-electron chi connectivity index (χ1n) is 13.7. The number of hydrogen-bond donors (Lipinski definition) is 0. The minimum Gasteiger partial charge on any atom is -0.443 e. The average molecular weight is 616 g/mol. The second kappa shape index (κ2) is 11.0. The van der Waals surface area contributed by atoms with E-state index in [0.717, 1.165) is 25.7 Å².